The number of carbonyl (C=O) groups is 2. The Balaban J connectivity index is 2.26. The molecule has 7 heteroatoms. The van der Waals surface area contributed by atoms with Crippen LogP contribution in [0.15, 0.2) is 36.4 Å². The van der Waals surface area contributed by atoms with Crippen LogP contribution in [0, 0.1) is 25.6 Å². The Kier molecular flexibility index (Phi) is 12.4. The molecule has 0 saturated heterocycles. The molecule has 0 spiro atoms. The number of carbonyl (C=O) groups excluding carboxylic acids is 2. The van der Waals surface area contributed by atoms with Gasteiger partial charge in [-0.15, -0.1) is 0 Å². The highest BCUT2D eigenvalue weighted by molar-refractivity contribution is 6.00. The summed E-state index contributed by atoms with van der Waals surface area (Å²) in [6.45, 7) is 13.6. The lowest BCUT2D eigenvalue weighted by molar-refractivity contribution is 0.0563. The number of nitrogens with zero attached hydrogens (tertiary/aromatic N) is 2. The molecule has 0 aliphatic rings. The zero-order chi connectivity index (χ0) is 28.4. The minimum Gasteiger partial charge on any atom is -0.390 e. The number of aliphatic hydroxyl groups excluding tert-OH is 1. The first kappa shape index (κ1) is 31.4. The van der Waals surface area contributed by atoms with E-state index in [1.807, 2.05) is 31.7 Å². The van der Waals surface area contributed by atoms with Crippen LogP contribution >= 0.6 is 0 Å². The van der Waals surface area contributed by atoms with Crippen molar-refractivity contribution in [3.63, 3.8) is 0 Å². The average Bonchev–Trinajstić information content (AvgIpc) is 2.87. The van der Waals surface area contributed by atoms with Crippen LogP contribution in [-0.4, -0.2) is 65.0 Å². The van der Waals surface area contributed by atoms with Crippen LogP contribution in [0.5, 0.6) is 0 Å². The number of hydrogen-bond donors (Lipinski definition) is 2. The van der Waals surface area contributed by atoms with Crippen molar-refractivity contribution in [3.8, 4) is 0 Å². The van der Waals surface area contributed by atoms with Gasteiger partial charge in [-0.3, -0.25) is 9.59 Å². The van der Waals surface area contributed by atoms with Crippen molar-refractivity contribution >= 4 is 11.8 Å². The highest BCUT2D eigenvalue weighted by Gasteiger charge is 2.25. The smallest absolute Gasteiger partial charge is 0.253 e. The zero-order valence-corrected chi connectivity index (χ0v) is 24.0. The van der Waals surface area contributed by atoms with Crippen molar-refractivity contribution in [1.29, 1.82) is 0 Å². The van der Waals surface area contributed by atoms with Gasteiger partial charge in [-0.2, -0.15) is 0 Å². The van der Waals surface area contributed by atoms with Crippen molar-refractivity contribution in [2.75, 3.05) is 26.2 Å². The Bertz CT molecular complexity index is 1070. The van der Waals surface area contributed by atoms with E-state index >= 15 is 0 Å². The van der Waals surface area contributed by atoms with Crippen LogP contribution in [0.3, 0.4) is 0 Å². The molecule has 0 aliphatic carbocycles. The van der Waals surface area contributed by atoms with E-state index in [-0.39, 0.29) is 24.2 Å². The molecule has 38 heavy (non-hydrogen) atoms. The summed E-state index contributed by atoms with van der Waals surface area (Å²) in [5.74, 6) is -0.266. The fourth-order valence-electron chi connectivity index (χ4n) is 4.47. The maximum Gasteiger partial charge on any atom is 0.253 e. The van der Waals surface area contributed by atoms with Gasteiger partial charge in [0, 0.05) is 43.3 Å². The monoisotopic (exact) mass is 527 g/mol. The van der Waals surface area contributed by atoms with Crippen LogP contribution in [0.4, 0.5) is 4.39 Å². The molecule has 2 atom stereocenters. The summed E-state index contributed by atoms with van der Waals surface area (Å²) in [5, 5.41) is 10.9. The highest BCUT2D eigenvalue weighted by atomic mass is 19.1. The second-order valence-corrected chi connectivity index (χ2v) is 10.8. The molecule has 0 aromatic heterocycles. The molecule has 0 heterocycles. The molecular formula is C31H46FN3O3. The van der Waals surface area contributed by atoms with E-state index in [1.165, 1.54) is 6.07 Å². The Morgan fingerprint density at radius 1 is 0.921 bits per heavy atom. The molecule has 2 rings (SSSR count). The third-order valence-corrected chi connectivity index (χ3v) is 6.72. The summed E-state index contributed by atoms with van der Waals surface area (Å²) in [6.07, 6.45) is 1.78. The fraction of sp³-hybridized carbons (Fsp3) is 0.548. The Morgan fingerprint density at radius 3 is 2.03 bits per heavy atom. The van der Waals surface area contributed by atoms with E-state index in [1.54, 1.807) is 36.1 Å². The first-order valence-electron chi connectivity index (χ1n) is 13.9. The average molecular weight is 528 g/mol. The van der Waals surface area contributed by atoms with Gasteiger partial charge in [0.1, 0.15) is 5.82 Å². The van der Waals surface area contributed by atoms with Crippen LogP contribution < -0.4 is 5.73 Å². The van der Waals surface area contributed by atoms with Gasteiger partial charge in [0.15, 0.2) is 0 Å². The highest BCUT2D eigenvalue weighted by Crippen LogP contribution is 2.18. The van der Waals surface area contributed by atoms with E-state index in [4.69, 9.17) is 5.73 Å². The van der Waals surface area contributed by atoms with E-state index in [0.29, 0.717) is 54.2 Å². The summed E-state index contributed by atoms with van der Waals surface area (Å²) in [6, 6.07) is 9.54. The largest absolute Gasteiger partial charge is 0.390 e. The number of hydrogen-bond acceptors (Lipinski definition) is 4. The van der Waals surface area contributed by atoms with Crippen LogP contribution in [0.25, 0.3) is 0 Å². The zero-order valence-electron chi connectivity index (χ0n) is 24.0. The lowest BCUT2D eigenvalue weighted by atomic mass is 9.99. The molecule has 2 amide bonds. The second-order valence-electron chi connectivity index (χ2n) is 10.8. The number of amides is 2. The van der Waals surface area contributed by atoms with E-state index in [0.717, 1.165) is 24.8 Å². The first-order valence-corrected chi connectivity index (χ1v) is 13.9. The van der Waals surface area contributed by atoms with Gasteiger partial charge in [0.2, 0.25) is 0 Å². The number of aryl methyl sites for hydroxylation is 2. The molecule has 0 bridgehead atoms. The minimum absolute atomic E-state index is 0.0517. The fourth-order valence-corrected chi connectivity index (χ4v) is 4.47. The number of aliphatic hydroxyl groups is 1. The predicted molar refractivity (Wildman–Crippen MR) is 152 cm³/mol. The summed E-state index contributed by atoms with van der Waals surface area (Å²) >= 11 is 0. The summed E-state index contributed by atoms with van der Waals surface area (Å²) in [7, 11) is 0. The van der Waals surface area contributed by atoms with Crippen molar-refractivity contribution in [2.24, 2.45) is 11.7 Å². The van der Waals surface area contributed by atoms with Gasteiger partial charge in [0.05, 0.1) is 6.10 Å². The Labute approximate surface area is 228 Å². The summed E-state index contributed by atoms with van der Waals surface area (Å²) < 4.78 is 14.0. The molecule has 0 fully saturated rings. The van der Waals surface area contributed by atoms with Gasteiger partial charge in [-0.25, -0.2) is 4.39 Å². The Morgan fingerprint density at radius 2 is 1.50 bits per heavy atom. The molecule has 0 radical (unpaired) electrons. The van der Waals surface area contributed by atoms with Crippen molar-refractivity contribution < 1.29 is 19.1 Å². The molecule has 6 nitrogen and oxygen atoms in total. The van der Waals surface area contributed by atoms with Crippen molar-refractivity contribution in [3.05, 3.63) is 70.0 Å². The number of benzene rings is 2. The summed E-state index contributed by atoms with van der Waals surface area (Å²) in [5.41, 5.74) is 9.30. The number of nitrogens with two attached hydrogens (primary N) is 1. The third kappa shape index (κ3) is 9.21. The molecular weight excluding hydrogens is 481 g/mol. The number of halogens is 1. The van der Waals surface area contributed by atoms with Gasteiger partial charge < -0.3 is 20.6 Å². The molecule has 3 N–H and O–H groups in total. The maximum absolute atomic E-state index is 14.0. The van der Waals surface area contributed by atoms with Crippen molar-refractivity contribution in [1.82, 2.24) is 9.80 Å². The lowest BCUT2D eigenvalue weighted by Crippen LogP contribution is -2.47. The normalized spacial score (nSPS) is 12.9. The summed E-state index contributed by atoms with van der Waals surface area (Å²) in [4.78, 5) is 30.4. The topological polar surface area (TPSA) is 86.9 Å². The van der Waals surface area contributed by atoms with Gasteiger partial charge in [-0.1, -0.05) is 39.8 Å². The third-order valence-electron chi connectivity index (χ3n) is 6.72. The van der Waals surface area contributed by atoms with Crippen LogP contribution in [0.2, 0.25) is 0 Å². The number of rotatable bonds is 14. The predicted octanol–water partition coefficient (Wildman–Crippen LogP) is 5.12. The first-order chi connectivity index (χ1) is 18.0. The molecule has 2 aromatic rings. The maximum atomic E-state index is 14.0. The van der Waals surface area contributed by atoms with Crippen LogP contribution in [0.1, 0.15) is 84.4 Å². The SMILES string of the molecule is CCCN(CCC)C(=O)c1cc(C)cc(C(=O)N(CCC(C)C)C[C@@H](O)[C@@H](N)Cc2ccc(C)c(F)c2)c1. The van der Waals surface area contributed by atoms with E-state index in [2.05, 4.69) is 13.8 Å². The standard InChI is InChI=1S/C31H46FN3O3/c1-7-12-34(13-8-2)30(37)25-15-22(5)16-26(19-25)31(38)35(14-11-21(3)4)20-29(36)28(33)18-24-10-9-23(6)27(32)17-24/h9-10,15-17,19,21,28-29,36H,7-8,11-14,18,20,33H2,1-6H3/t28-,29+/m0/s1. The molecule has 0 unspecified atom stereocenters. The van der Waals surface area contributed by atoms with Crippen molar-refractivity contribution in [2.45, 2.75) is 79.4 Å². The molecule has 210 valence electrons. The van der Waals surface area contributed by atoms with Gasteiger partial charge in [0.25, 0.3) is 11.8 Å². The van der Waals surface area contributed by atoms with Gasteiger partial charge >= 0.3 is 0 Å². The Hall–Kier alpha value is -2.77. The van der Waals surface area contributed by atoms with Crippen LogP contribution in [-0.2, 0) is 6.42 Å². The quantitative estimate of drug-likeness (QED) is 0.357. The molecule has 0 saturated carbocycles. The minimum atomic E-state index is -0.994. The second kappa shape index (κ2) is 15.0. The molecule has 2 aromatic carbocycles. The van der Waals surface area contributed by atoms with E-state index < -0.39 is 12.1 Å². The molecule has 0 aliphatic heterocycles. The lowest BCUT2D eigenvalue weighted by Gasteiger charge is -2.29. The van der Waals surface area contributed by atoms with Gasteiger partial charge in [-0.05, 0) is 86.4 Å². The van der Waals surface area contributed by atoms with E-state index in [9.17, 15) is 19.1 Å².